The van der Waals surface area contributed by atoms with Crippen molar-refractivity contribution in [3.63, 3.8) is 0 Å². The van der Waals surface area contributed by atoms with Gasteiger partial charge in [-0.05, 0) is 26.2 Å². The number of piperazine rings is 1. The highest BCUT2D eigenvalue weighted by Gasteiger charge is 2.52. The number of nitrogens with one attached hydrogen (secondary N) is 1. The molecule has 0 radical (unpaired) electrons. The highest BCUT2D eigenvalue weighted by Crippen LogP contribution is 2.35. The first-order valence-corrected chi connectivity index (χ1v) is 9.52. The van der Waals surface area contributed by atoms with Gasteiger partial charge >= 0.3 is 0 Å². The number of carbonyl (C=O) groups excluding carboxylic acids is 2. The van der Waals surface area contributed by atoms with Crippen LogP contribution in [-0.2, 0) is 19.4 Å². The summed E-state index contributed by atoms with van der Waals surface area (Å²) >= 11 is 0. The van der Waals surface area contributed by atoms with Gasteiger partial charge < -0.3 is 10.2 Å². The van der Waals surface area contributed by atoms with Crippen molar-refractivity contribution in [3.05, 3.63) is 0 Å². The summed E-state index contributed by atoms with van der Waals surface area (Å²) in [5.74, 6) is -0.118. The predicted octanol–water partition coefficient (Wildman–Crippen LogP) is 0.223. The second-order valence-electron chi connectivity index (χ2n) is 6.58. The Balaban J connectivity index is 1.90. The lowest BCUT2D eigenvalue weighted by molar-refractivity contribution is -0.158. The summed E-state index contributed by atoms with van der Waals surface area (Å²) in [5.41, 5.74) is -0.784. The SMILES string of the molecule is CC1C(=O)NC2(CCCCC2)C(=O)N1C1CCS(=O)(=O)C1. The van der Waals surface area contributed by atoms with Crippen LogP contribution in [0.5, 0.6) is 0 Å². The van der Waals surface area contributed by atoms with Crippen molar-refractivity contribution >= 4 is 21.7 Å². The van der Waals surface area contributed by atoms with Gasteiger partial charge in [0.25, 0.3) is 0 Å². The number of hydrogen-bond donors (Lipinski definition) is 1. The lowest BCUT2D eigenvalue weighted by Gasteiger charge is -2.48. The van der Waals surface area contributed by atoms with Gasteiger partial charge in [-0.15, -0.1) is 0 Å². The molecule has 2 aliphatic heterocycles. The van der Waals surface area contributed by atoms with Gasteiger partial charge in [-0.3, -0.25) is 9.59 Å². The van der Waals surface area contributed by atoms with E-state index in [9.17, 15) is 18.0 Å². The van der Waals surface area contributed by atoms with Crippen molar-refractivity contribution in [1.29, 1.82) is 0 Å². The standard InChI is InChI=1S/C14H22N2O4S/c1-10-12(17)15-14(6-3-2-4-7-14)13(18)16(10)11-5-8-21(19,20)9-11/h10-11H,2-9H2,1H3,(H,15,17). The van der Waals surface area contributed by atoms with Gasteiger partial charge in [-0.1, -0.05) is 19.3 Å². The lowest BCUT2D eigenvalue weighted by Crippen LogP contribution is -2.72. The topological polar surface area (TPSA) is 83.6 Å². The highest BCUT2D eigenvalue weighted by molar-refractivity contribution is 7.91. The summed E-state index contributed by atoms with van der Waals surface area (Å²) in [7, 11) is -3.08. The van der Waals surface area contributed by atoms with Gasteiger partial charge in [0.2, 0.25) is 11.8 Å². The Bertz CT molecular complexity index is 566. The molecule has 3 fully saturated rings. The molecule has 1 N–H and O–H groups in total. The molecule has 7 heteroatoms. The second-order valence-corrected chi connectivity index (χ2v) is 8.81. The monoisotopic (exact) mass is 314 g/mol. The zero-order valence-corrected chi connectivity index (χ0v) is 13.1. The summed E-state index contributed by atoms with van der Waals surface area (Å²) in [4.78, 5) is 26.8. The van der Waals surface area contributed by atoms with Gasteiger partial charge in [0, 0.05) is 6.04 Å². The maximum absolute atomic E-state index is 13.0. The Morgan fingerprint density at radius 1 is 1.19 bits per heavy atom. The Morgan fingerprint density at radius 3 is 2.43 bits per heavy atom. The van der Waals surface area contributed by atoms with Crippen LogP contribution >= 0.6 is 0 Å². The highest BCUT2D eigenvalue weighted by atomic mass is 32.2. The second kappa shape index (κ2) is 4.97. The first kappa shape index (κ1) is 14.8. The summed E-state index contributed by atoms with van der Waals surface area (Å²) in [6.07, 6.45) is 4.72. The normalized spacial score (nSPS) is 35.0. The molecule has 3 rings (SSSR count). The third-order valence-electron chi connectivity index (χ3n) is 5.11. The smallest absolute Gasteiger partial charge is 0.249 e. The van der Waals surface area contributed by atoms with Crippen LogP contribution in [0.3, 0.4) is 0 Å². The number of carbonyl (C=O) groups is 2. The minimum atomic E-state index is -3.08. The van der Waals surface area contributed by atoms with Crippen LogP contribution in [0, 0.1) is 0 Å². The fourth-order valence-corrected chi connectivity index (χ4v) is 5.63. The minimum absolute atomic E-state index is 0.00750. The van der Waals surface area contributed by atoms with Crippen LogP contribution in [0.2, 0.25) is 0 Å². The molecule has 2 atom stereocenters. The van der Waals surface area contributed by atoms with E-state index in [1.54, 1.807) is 11.8 Å². The van der Waals surface area contributed by atoms with E-state index in [2.05, 4.69) is 5.32 Å². The third-order valence-corrected chi connectivity index (χ3v) is 6.86. The number of rotatable bonds is 1. The van der Waals surface area contributed by atoms with Crippen LogP contribution < -0.4 is 5.32 Å². The largest absolute Gasteiger partial charge is 0.340 e. The van der Waals surface area contributed by atoms with Crippen molar-refractivity contribution in [2.24, 2.45) is 0 Å². The molecule has 0 bridgehead atoms. The summed E-state index contributed by atoms with van der Waals surface area (Å²) < 4.78 is 23.4. The average Bonchev–Trinajstić information content (AvgIpc) is 2.78. The van der Waals surface area contributed by atoms with E-state index in [4.69, 9.17) is 0 Å². The minimum Gasteiger partial charge on any atom is -0.340 e. The molecule has 0 aromatic heterocycles. The zero-order chi connectivity index (χ0) is 15.3. The third kappa shape index (κ3) is 2.45. The van der Waals surface area contributed by atoms with E-state index < -0.39 is 21.4 Å². The van der Waals surface area contributed by atoms with Crippen LogP contribution in [0.25, 0.3) is 0 Å². The van der Waals surface area contributed by atoms with E-state index in [1.807, 2.05) is 0 Å². The van der Waals surface area contributed by atoms with E-state index in [0.29, 0.717) is 19.3 Å². The maximum atomic E-state index is 13.0. The fraction of sp³-hybridized carbons (Fsp3) is 0.857. The number of hydrogen-bond acceptors (Lipinski definition) is 4. The molecule has 2 amide bonds. The number of amides is 2. The van der Waals surface area contributed by atoms with E-state index in [0.717, 1.165) is 19.3 Å². The van der Waals surface area contributed by atoms with Crippen molar-refractivity contribution in [2.45, 2.75) is 63.1 Å². The molecule has 0 aromatic rings. The molecule has 2 heterocycles. The van der Waals surface area contributed by atoms with Crippen LogP contribution in [0.4, 0.5) is 0 Å². The van der Waals surface area contributed by atoms with Crippen molar-refractivity contribution in [2.75, 3.05) is 11.5 Å². The molecule has 1 aliphatic carbocycles. The van der Waals surface area contributed by atoms with E-state index >= 15 is 0 Å². The molecule has 3 aliphatic rings. The van der Waals surface area contributed by atoms with Gasteiger partial charge in [0.15, 0.2) is 9.84 Å². The van der Waals surface area contributed by atoms with E-state index in [1.165, 1.54) is 0 Å². The number of sulfone groups is 1. The Morgan fingerprint density at radius 2 is 1.86 bits per heavy atom. The van der Waals surface area contributed by atoms with Crippen LogP contribution in [-0.4, -0.2) is 54.3 Å². The molecule has 1 spiro atoms. The summed E-state index contributed by atoms with van der Waals surface area (Å²) in [6.45, 7) is 1.69. The van der Waals surface area contributed by atoms with Gasteiger partial charge in [-0.25, -0.2) is 8.42 Å². The quantitative estimate of drug-likeness (QED) is 0.750. The van der Waals surface area contributed by atoms with Gasteiger partial charge in [-0.2, -0.15) is 0 Å². The van der Waals surface area contributed by atoms with E-state index in [-0.39, 0.29) is 29.4 Å². The number of nitrogens with zero attached hydrogens (tertiary/aromatic N) is 1. The van der Waals surface area contributed by atoms with Gasteiger partial charge in [0.1, 0.15) is 11.6 Å². The van der Waals surface area contributed by atoms with Crippen molar-refractivity contribution in [1.82, 2.24) is 10.2 Å². The fourth-order valence-electron chi connectivity index (χ4n) is 3.91. The zero-order valence-electron chi connectivity index (χ0n) is 12.3. The molecule has 0 aromatic carbocycles. The van der Waals surface area contributed by atoms with Gasteiger partial charge in [0.05, 0.1) is 11.5 Å². The summed E-state index contributed by atoms with van der Waals surface area (Å²) in [5, 5.41) is 2.93. The summed E-state index contributed by atoms with van der Waals surface area (Å²) in [6, 6.07) is -0.925. The van der Waals surface area contributed by atoms with Crippen LogP contribution in [0.1, 0.15) is 45.4 Å². The molecule has 21 heavy (non-hydrogen) atoms. The molecular weight excluding hydrogens is 292 g/mol. The molecule has 1 saturated carbocycles. The lowest BCUT2D eigenvalue weighted by atomic mass is 9.78. The molecule has 2 unspecified atom stereocenters. The first-order chi connectivity index (χ1) is 9.85. The van der Waals surface area contributed by atoms with Crippen molar-refractivity contribution in [3.8, 4) is 0 Å². The molecule has 2 saturated heterocycles. The van der Waals surface area contributed by atoms with Crippen molar-refractivity contribution < 1.29 is 18.0 Å². The maximum Gasteiger partial charge on any atom is 0.249 e. The Kier molecular flexibility index (Phi) is 3.50. The first-order valence-electron chi connectivity index (χ1n) is 7.70. The Hall–Kier alpha value is -1.11. The average molecular weight is 314 g/mol. The molecular formula is C14H22N2O4S. The molecule has 6 nitrogen and oxygen atoms in total. The molecule has 118 valence electrons. The predicted molar refractivity (Wildman–Crippen MR) is 77.3 cm³/mol. The van der Waals surface area contributed by atoms with Crippen LogP contribution in [0.15, 0.2) is 0 Å². The Labute approximate surface area is 125 Å².